The molecule has 0 amide bonds. The molecule has 3 heteroatoms. The minimum Gasteiger partial charge on any atom is -0.478 e. The topological polar surface area (TPSA) is 40.5 Å². The fraction of sp³-hybridized carbons (Fsp3) is 0.190. The summed E-state index contributed by atoms with van der Waals surface area (Å²) in [7, 11) is 0. The zero-order valence-electron chi connectivity index (χ0n) is 13.4. The molecule has 1 N–H and O–H groups in total. The van der Waals surface area contributed by atoms with Crippen molar-refractivity contribution in [2.75, 3.05) is 11.4 Å². The van der Waals surface area contributed by atoms with Crippen molar-refractivity contribution in [2.45, 2.75) is 18.9 Å². The number of anilines is 1. The van der Waals surface area contributed by atoms with Gasteiger partial charge in [0.25, 0.3) is 0 Å². The molecule has 24 heavy (non-hydrogen) atoms. The van der Waals surface area contributed by atoms with Gasteiger partial charge in [-0.05, 0) is 53.4 Å². The van der Waals surface area contributed by atoms with Crippen molar-refractivity contribution in [3.8, 4) is 0 Å². The number of hydrogen-bond acceptors (Lipinski definition) is 2. The Balaban J connectivity index is 1.71. The van der Waals surface area contributed by atoms with Crippen LogP contribution in [0.25, 0.3) is 10.8 Å². The Morgan fingerprint density at radius 2 is 1.79 bits per heavy atom. The zero-order valence-corrected chi connectivity index (χ0v) is 13.4. The van der Waals surface area contributed by atoms with Crippen molar-refractivity contribution < 1.29 is 9.90 Å². The van der Waals surface area contributed by atoms with Crippen molar-refractivity contribution in [2.24, 2.45) is 0 Å². The summed E-state index contributed by atoms with van der Waals surface area (Å²) in [6.07, 6.45) is 2.17. The Labute approximate surface area is 141 Å². The first kappa shape index (κ1) is 14.8. The van der Waals surface area contributed by atoms with E-state index in [2.05, 4.69) is 47.4 Å². The second kappa shape index (κ2) is 6.00. The van der Waals surface area contributed by atoms with Crippen LogP contribution in [0.15, 0.2) is 66.7 Å². The summed E-state index contributed by atoms with van der Waals surface area (Å²) in [6.45, 7) is 1.00. The van der Waals surface area contributed by atoms with Gasteiger partial charge in [0.15, 0.2) is 0 Å². The average Bonchev–Trinajstić information content (AvgIpc) is 3.11. The maximum Gasteiger partial charge on any atom is 0.335 e. The molecular formula is C21H19NO2. The first-order valence-corrected chi connectivity index (χ1v) is 8.31. The monoisotopic (exact) mass is 317 g/mol. The van der Waals surface area contributed by atoms with E-state index < -0.39 is 5.97 Å². The van der Waals surface area contributed by atoms with Crippen LogP contribution in [0.3, 0.4) is 0 Å². The zero-order chi connectivity index (χ0) is 16.5. The van der Waals surface area contributed by atoms with Crippen LogP contribution in [0.5, 0.6) is 0 Å². The summed E-state index contributed by atoms with van der Waals surface area (Å²) in [5.41, 5.74) is 2.65. The lowest BCUT2D eigenvalue weighted by atomic mass is 10.0. The molecule has 120 valence electrons. The molecule has 1 saturated heterocycles. The highest BCUT2D eigenvalue weighted by Crippen LogP contribution is 2.37. The highest BCUT2D eigenvalue weighted by Gasteiger charge is 2.26. The summed E-state index contributed by atoms with van der Waals surface area (Å²) < 4.78 is 0. The van der Waals surface area contributed by atoms with Gasteiger partial charge in [0.2, 0.25) is 0 Å². The normalized spacial score (nSPS) is 17.3. The van der Waals surface area contributed by atoms with Gasteiger partial charge in [0.1, 0.15) is 0 Å². The molecule has 1 fully saturated rings. The lowest BCUT2D eigenvalue weighted by Crippen LogP contribution is -2.22. The van der Waals surface area contributed by atoms with E-state index in [1.54, 1.807) is 6.07 Å². The molecule has 1 aliphatic rings. The van der Waals surface area contributed by atoms with E-state index in [1.165, 1.54) is 16.5 Å². The van der Waals surface area contributed by atoms with Crippen molar-refractivity contribution in [3.63, 3.8) is 0 Å². The van der Waals surface area contributed by atoms with E-state index in [1.807, 2.05) is 18.2 Å². The number of hydrogen-bond donors (Lipinski definition) is 1. The number of rotatable bonds is 3. The van der Waals surface area contributed by atoms with Gasteiger partial charge >= 0.3 is 5.97 Å². The molecule has 1 heterocycles. The average molecular weight is 317 g/mol. The Kier molecular flexibility index (Phi) is 3.69. The standard InChI is InChI=1S/C21H19NO2/c23-21(24)18-8-3-7-17(13-18)20-9-4-12-22(20)19-11-10-15-5-1-2-6-16(15)14-19/h1-3,5-8,10-11,13-14,20H,4,9,12H2,(H,23,24). The van der Waals surface area contributed by atoms with E-state index in [-0.39, 0.29) is 6.04 Å². The van der Waals surface area contributed by atoms with Crippen LogP contribution >= 0.6 is 0 Å². The molecule has 1 atom stereocenters. The molecule has 0 radical (unpaired) electrons. The summed E-state index contributed by atoms with van der Waals surface area (Å²) >= 11 is 0. The highest BCUT2D eigenvalue weighted by atomic mass is 16.4. The quantitative estimate of drug-likeness (QED) is 0.748. The molecule has 0 saturated carbocycles. The van der Waals surface area contributed by atoms with Gasteiger partial charge in [0.05, 0.1) is 11.6 Å². The maximum absolute atomic E-state index is 11.3. The lowest BCUT2D eigenvalue weighted by Gasteiger charge is -2.27. The molecule has 3 aromatic carbocycles. The molecule has 1 aliphatic heterocycles. The fourth-order valence-corrected chi connectivity index (χ4v) is 3.66. The third-order valence-corrected chi connectivity index (χ3v) is 4.84. The molecule has 0 aromatic heterocycles. The lowest BCUT2D eigenvalue weighted by molar-refractivity contribution is 0.0696. The Morgan fingerprint density at radius 3 is 2.62 bits per heavy atom. The van der Waals surface area contributed by atoms with Gasteiger partial charge in [-0.2, -0.15) is 0 Å². The summed E-state index contributed by atoms with van der Waals surface area (Å²) in [6, 6.07) is 22.5. The SMILES string of the molecule is O=C(O)c1cccc(C2CCCN2c2ccc3ccccc3c2)c1. The highest BCUT2D eigenvalue weighted by molar-refractivity contribution is 5.88. The summed E-state index contributed by atoms with van der Waals surface area (Å²) in [5, 5.41) is 11.7. The Hall–Kier alpha value is -2.81. The molecule has 1 unspecified atom stereocenters. The van der Waals surface area contributed by atoms with Crippen LogP contribution in [0.1, 0.15) is 34.8 Å². The van der Waals surface area contributed by atoms with Crippen LogP contribution in [-0.4, -0.2) is 17.6 Å². The smallest absolute Gasteiger partial charge is 0.335 e. The molecule has 0 bridgehead atoms. The number of carbonyl (C=O) groups is 1. The number of nitrogens with zero attached hydrogens (tertiary/aromatic N) is 1. The minimum absolute atomic E-state index is 0.241. The third-order valence-electron chi connectivity index (χ3n) is 4.84. The fourth-order valence-electron chi connectivity index (χ4n) is 3.66. The summed E-state index contributed by atoms with van der Waals surface area (Å²) in [5.74, 6) is -0.868. The van der Waals surface area contributed by atoms with Crippen LogP contribution < -0.4 is 4.90 Å². The second-order valence-corrected chi connectivity index (χ2v) is 6.31. The van der Waals surface area contributed by atoms with E-state index in [9.17, 15) is 9.90 Å². The molecule has 0 spiro atoms. The van der Waals surface area contributed by atoms with Crippen LogP contribution in [-0.2, 0) is 0 Å². The van der Waals surface area contributed by atoms with Crippen LogP contribution in [0.4, 0.5) is 5.69 Å². The van der Waals surface area contributed by atoms with Gasteiger partial charge in [0, 0.05) is 12.2 Å². The van der Waals surface area contributed by atoms with Gasteiger partial charge in [-0.25, -0.2) is 4.79 Å². The summed E-state index contributed by atoms with van der Waals surface area (Å²) in [4.78, 5) is 13.6. The Morgan fingerprint density at radius 1 is 0.958 bits per heavy atom. The number of carboxylic acids is 1. The van der Waals surface area contributed by atoms with Gasteiger partial charge in [-0.15, -0.1) is 0 Å². The predicted molar refractivity (Wildman–Crippen MR) is 96.7 cm³/mol. The molecule has 3 nitrogen and oxygen atoms in total. The van der Waals surface area contributed by atoms with E-state index in [4.69, 9.17) is 0 Å². The number of carboxylic acid groups (broad SMARTS) is 1. The van der Waals surface area contributed by atoms with E-state index in [0.717, 1.165) is 24.9 Å². The first-order chi connectivity index (χ1) is 11.7. The van der Waals surface area contributed by atoms with Gasteiger partial charge < -0.3 is 10.0 Å². The van der Waals surface area contributed by atoms with Crippen LogP contribution in [0.2, 0.25) is 0 Å². The second-order valence-electron chi connectivity index (χ2n) is 6.31. The molecule has 3 aromatic rings. The van der Waals surface area contributed by atoms with Crippen LogP contribution in [0, 0.1) is 0 Å². The molecular weight excluding hydrogens is 298 g/mol. The predicted octanol–water partition coefficient (Wildman–Crippen LogP) is 4.88. The van der Waals surface area contributed by atoms with Gasteiger partial charge in [-0.1, -0.05) is 42.5 Å². The number of fused-ring (bicyclic) bond motifs is 1. The van der Waals surface area contributed by atoms with E-state index in [0.29, 0.717) is 5.56 Å². The minimum atomic E-state index is -0.868. The number of aromatic carboxylic acids is 1. The van der Waals surface area contributed by atoms with Gasteiger partial charge in [-0.3, -0.25) is 0 Å². The molecule has 0 aliphatic carbocycles. The van der Waals surface area contributed by atoms with Crippen molar-refractivity contribution in [3.05, 3.63) is 77.9 Å². The number of benzene rings is 3. The van der Waals surface area contributed by atoms with Crippen molar-refractivity contribution >= 4 is 22.4 Å². The molecule has 4 rings (SSSR count). The third kappa shape index (κ3) is 2.62. The maximum atomic E-state index is 11.3. The van der Waals surface area contributed by atoms with Crippen molar-refractivity contribution in [1.29, 1.82) is 0 Å². The van der Waals surface area contributed by atoms with Crippen molar-refractivity contribution in [1.82, 2.24) is 0 Å². The first-order valence-electron chi connectivity index (χ1n) is 8.31. The largest absolute Gasteiger partial charge is 0.478 e. The Bertz CT molecular complexity index is 903. The van der Waals surface area contributed by atoms with E-state index >= 15 is 0 Å².